The van der Waals surface area contributed by atoms with E-state index in [1.807, 2.05) is 0 Å². The van der Waals surface area contributed by atoms with E-state index in [-0.39, 0.29) is 0 Å². The van der Waals surface area contributed by atoms with E-state index in [1.54, 1.807) is 7.11 Å². The van der Waals surface area contributed by atoms with Gasteiger partial charge in [-0.1, -0.05) is 25.1 Å². The minimum absolute atomic E-state index is 0.629. The third-order valence-electron chi connectivity index (χ3n) is 4.47. The number of benzene rings is 1. The van der Waals surface area contributed by atoms with Crippen molar-refractivity contribution in [3.05, 3.63) is 29.8 Å². The molecule has 20 heavy (non-hydrogen) atoms. The highest BCUT2D eigenvalue weighted by molar-refractivity contribution is 5.54. The summed E-state index contributed by atoms with van der Waals surface area (Å²) in [4.78, 5) is 2.58. The first-order valence-electron chi connectivity index (χ1n) is 7.78. The molecule has 1 aliphatic heterocycles. The second-order valence-corrected chi connectivity index (χ2v) is 5.85. The van der Waals surface area contributed by atoms with E-state index in [0.717, 1.165) is 25.6 Å². The number of ether oxygens (including phenoxy) is 1. The maximum atomic E-state index is 5.08. The second-order valence-electron chi connectivity index (χ2n) is 5.85. The van der Waals surface area contributed by atoms with Gasteiger partial charge in [0.15, 0.2) is 0 Å². The van der Waals surface area contributed by atoms with Crippen LogP contribution < -0.4 is 10.2 Å². The molecular weight excluding hydrogens is 248 g/mol. The Kier molecular flexibility index (Phi) is 5.86. The summed E-state index contributed by atoms with van der Waals surface area (Å²) >= 11 is 0. The topological polar surface area (TPSA) is 24.5 Å². The van der Waals surface area contributed by atoms with Crippen LogP contribution >= 0.6 is 0 Å². The summed E-state index contributed by atoms with van der Waals surface area (Å²) in [6.45, 7) is 8.49. The lowest BCUT2D eigenvalue weighted by atomic mass is 9.91. The molecule has 2 rings (SSSR count). The van der Waals surface area contributed by atoms with E-state index in [2.05, 4.69) is 48.3 Å². The highest BCUT2D eigenvalue weighted by Crippen LogP contribution is 2.30. The molecule has 0 bridgehead atoms. The summed E-state index contributed by atoms with van der Waals surface area (Å²) in [5.41, 5.74) is 2.79. The molecule has 0 spiro atoms. The number of nitrogens with one attached hydrogen (secondary N) is 1. The number of hydrogen-bond donors (Lipinski definition) is 1. The molecule has 1 aliphatic rings. The van der Waals surface area contributed by atoms with Gasteiger partial charge in [-0.15, -0.1) is 0 Å². The molecule has 1 heterocycles. The van der Waals surface area contributed by atoms with Gasteiger partial charge in [-0.25, -0.2) is 0 Å². The standard InChI is InChI=1S/C17H28N2O/c1-14-7-6-11-19(15(14)2)17-9-5-4-8-16(17)13-18-10-12-20-3/h4-5,8-9,14-15,18H,6-7,10-13H2,1-3H3. The zero-order valence-electron chi connectivity index (χ0n) is 13.1. The first-order chi connectivity index (χ1) is 9.74. The maximum absolute atomic E-state index is 5.08. The highest BCUT2D eigenvalue weighted by atomic mass is 16.5. The zero-order chi connectivity index (χ0) is 14.4. The van der Waals surface area contributed by atoms with Crippen LogP contribution in [0.4, 0.5) is 5.69 Å². The molecule has 0 saturated carbocycles. The Balaban J connectivity index is 2.06. The Morgan fingerprint density at radius 2 is 2.10 bits per heavy atom. The van der Waals surface area contributed by atoms with Crippen LogP contribution in [0, 0.1) is 5.92 Å². The predicted octanol–water partition coefficient (Wildman–Crippen LogP) is 3.05. The van der Waals surface area contributed by atoms with Crippen LogP contribution in [0.25, 0.3) is 0 Å². The van der Waals surface area contributed by atoms with Gasteiger partial charge in [0.1, 0.15) is 0 Å². The molecule has 2 unspecified atom stereocenters. The van der Waals surface area contributed by atoms with E-state index in [1.165, 1.54) is 30.6 Å². The Morgan fingerprint density at radius 1 is 1.30 bits per heavy atom. The minimum Gasteiger partial charge on any atom is -0.383 e. The van der Waals surface area contributed by atoms with Crippen molar-refractivity contribution in [3.63, 3.8) is 0 Å². The lowest BCUT2D eigenvalue weighted by Gasteiger charge is -2.40. The molecule has 1 N–H and O–H groups in total. The van der Waals surface area contributed by atoms with Gasteiger partial charge in [0.2, 0.25) is 0 Å². The van der Waals surface area contributed by atoms with Crippen molar-refractivity contribution >= 4 is 5.69 Å². The molecular formula is C17H28N2O. The normalized spacial score (nSPS) is 23.1. The fraction of sp³-hybridized carbons (Fsp3) is 0.647. The second kappa shape index (κ2) is 7.65. The Morgan fingerprint density at radius 3 is 2.90 bits per heavy atom. The molecule has 1 aromatic rings. The van der Waals surface area contributed by atoms with Gasteiger partial charge in [0.05, 0.1) is 6.61 Å². The van der Waals surface area contributed by atoms with Crippen LogP contribution in [0.5, 0.6) is 0 Å². The van der Waals surface area contributed by atoms with Crippen molar-refractivity contribution in [1.29, 1.82) is 0 Å². The Bertz CT molecular complexity index is 408. The molecule has 3 heteroatoms. The maximum Gasteiger partial charge on any atom is 0.0587 e. The number of piperidine rings is 1. The van der Waals surface area contributed by atoms with Crippen molar-refractivity contribution in [2.75, 3.05) is 31.7 Å². The predicted molar refractivity (Wildman–Crippen MR) is 85.2 cm³/mol. The van der Waals surface area contributed by atoms with Gasteiger partial charge >= 0.3 is 0 Å². The number of para-hydroxylation sites is 1. The summed E-state index contributed by atoms with van der Waals surface area (Å²) in [6.07, 6.45) is 2.66. The van der Waals surface area contributed by atoms with Crippen molar-refractivity contribution in [2.45, 2.75) is 39.3 Å². The quantitative estimate of drug-likeness (QED) is 0.808. The van der Waals surface area contributed by atoms with Gasteiger partial charge in [0, 0.05) is 38.5 Å². The zero-order valence-corrected chi connectivity index (χ0v) is 13.1. The summed E-state index contributed by atoms with van der Waals surface area (Å²) in [7, 11) is 1.74. The fourth-order valence-electron chi connectivity index (χ4n) is 3.01. The van der Waals surface area contributed by atoms with E-state index in [4.69, 9.17) is 4.74 Å². The summed E-state index contributed by atoms with van der Waals surface area (Å²) in [5, 5.41) is 3.46. The van der Waals surface area contributed by atoms with Crippen LogP contribution in [0.2, 0.25) is 0 Å². The molecule has 0 amide bonds. The average molecular weight is 276 g/mol. The van der Waals surface area contributed by atoms with Crippen molar-refractivity contribution in [2.24, 2.45) is 5.92 Å². The number of rotatable bonds is 6. The van der Waals surface area contributed by atoms with E-state index in [0.29, 0.717) is 6.04 Å². The van der Waals surface area contributed by atoms with Crippen LogP contribution in [-0.4, -0.2) is 32.8 Å². The highest BCUT2D eigenvalue weighted by Gasteiger charge is 2.25. The fourth-order valence-corrected chi connectivity index (χ4v) is 3.01. The van der Waals surface area contributed by atoms with E-state index < -0.39 is 0 Å². The number of methoxy groups -OCH3 is 1. The largest absolute Gasteiger partial charge is 0.383 e. The molecule has 3 nitrogen and oxygen atoms in total. The molecule has 0 radical (unpaired) electrons. The smallest absolute Gasteiger partial charge is 0.0587 e. The van der Waals surface area contributed by atoms with Gasteiger partial charge in [-0.3, -0.25) is 0 Å². The van der Waals surface area contributed by atoms with Gasteiger partial charge < -0.3 is 15.0 Å². The van der Waals surface area contributed by atoms with Crippen LogP contribution in [0.1, 0.15) is 32.3 Å². The summed E-state index contributed by atoms with van der Waals surface area (Å²) in [6, 6.07) is 9.42. The molecule has 2 atom stereocenters. The van der Waals surface area contributed by atoms with Crippen LogP contribution in [0.3, 0.4) is 0 Å². The van der Waals surface area contributed by atoms with Gasteiger partial charge in [-0.2, -0.15) is 0 Å². The monoisotopic (exact) mass is 276 g/mol. The van der Waals surface area contributed by atoms with Crippen molar-refractivity contribution < 1.29 is 4.74 Å². The third-order valence-corrected chi connectivity index (χ3v) is 4.47. The first-order valence-corrected chi connectivity index (χ1v) is 7.78. The van der Waals surface area contributed by atoms with E-state index in [9.17, 15) is 0 Å². The van der Waals surface area contributed by atoms with Crippen LogP contribution in [-0.2, 0) is 11.3 Å². The van der Waals surface area contributed by atoms with Gasteiger partial charge in [-0.05, 0) is 37.3 Å². The molecule has 1 aromatic carbocycles. The summed E-state index contributed by atoms with van der Waals surface area (Å²) in [5.74, 6) is 0.776. The lowest BCUT2D eigenvalue weighted by molar-refractivity contribution is 0.199. The Labute approximate surface area is 123 Å². The molecule has 1 fully saturated rings. The molecule has 0 aliphatic carbocycles. The molecule has 0 aromatic heterocycles. The first kappa shape index (κ1) is 15.3. The van der Waals surface area contributed by atoms with Crippen molar-refractivity contribution in [1.82, 2.24) is 5.32 Å². The number of nitrogens with zero attached hydrogens (tertiary/aromatic N) is 1. The third kappa shape index (κ3) is 3.74. The number of anilines is 1. The Hall–Kier alpha value is -1.06. The average Bonchev–Trinajstić information content (AvgIpc) is 2.47. The van der Waals surface area contributed by atoms with Crippen LogP contribution in [0.15, 0.2) is 24.3 Å². The molecule has 112 valence electrons. The summed E-state index contributed by atoms with van der Waals surface area (Å²) < 4.78 is 5.08. The lowest BCUT2D eigenvalue weighted by Crippen LogP contribution is -2.43. The van der Waals surface area contributed by atoms with Gasteiger partial charge in [0.25, 0.3) is 0 Å². The molecule has 1 saturated heterocycles. The SMILES string of the molecule is COCCNCc1ccccc1N1CCCC(C)C1C. The minimum atomic E-state index is 0.629. The van der Waals surface area contributed by atoms with Crippen molar-refractivity contribution in [3.8, 4) is 0 Å². The number of hydrogen-bond acceptors (Lipinski definition) is 3. The van der Waals surface area contributed by atoms with E-state index >= 15 is 0 Å².